The molecular weight excluding hydrogens is 319 g/mol. The van der Waals surface area contributed by atoms with Gasteiger partial charge in [0.25, 0.3) is 5.69 Å². The standard InChI is InChI=1S/C13H10F3N3O2S/c1-8(9-3-2-4-10(7-9)19(20)21)22-12-17-6-5-11(18-12)13(14,15)16/h2-8H,1H3. The molecule has 2 rings (SSSR count). The van der Waals surface area contributed by atoms with Gasteiger partial charge in [0.2, 0.25) is 0 Å². The van der Waals surface area contributed by atoms with E-state index >= 15 is 0 Å². The molecule has 0 fully saturated rings. The smallest absolute Gasteiger partial charge is 0.258 e. The fourth-order valence-corrected chi connectivity index (χ4v) is 2.54. The molecule has 0 radical (unpaired) electrons. The predicted octanol–water partition coefficient (Wildman–Crippen LogP) is 4.26. The van der Waals surface area contributed by atoms with Gasteiger partial charge in [0.05, 0.1) is 4.92 Å². The number of non-ortho nitro benzene ring substituents is 1. The van der Waals surface area contributed by atoms with Crippen molar-refractivity contribution in [3.8, 4) is 0 Å². The number of nitro groups is 1. The molecular formula is C13H10F3N3O2S. The van der Waals surface area contributed by atoms with E-state index in [1.165, 1.54) is 18.2 Å². The molecule has 0 aliphatic rings. The third-order valence-corrected chi connectivity index (χ3v) is 3.79. The number of benzene rings is 1. The van der Waals surface area contributed by atoms with Crippen molar-refractivity contribution in [1.29, 1.82) is 0 Å². The summed E-state index contributed by atoms with van der Waals surface area (Å²) in [6, 6.07) is 6.71. The molecule has 0 bridgehead atoms. The van der Waals surface area contributed by atoms with Gasteiger partial charge in [-0.15, -0.1) is 0 Å². The Morgan fingerprint density at radius 2 is 2.05 bits per heavy atom. The number of nitrogens with zero attached hydrogens (tertiary/aromatic N) is 3. The Balaban J connectivity index is 2.20. The van der Waals surface area contributed by atoms with E-state index in [1.807, 2.05) is 0 Å². The highest BCUT2D eigenvalue weighted by atomic mass is 32.2. The molecule has 1 heterocycles. The van der Waals surface area contributed by atoms with Crippen molar-refractivity contribution in [2.75, 3.05) is 0 Å². The average molecular weight is 329 g/mol. The predicted molar refractivity (Wildman–Crippen MR) is 74.4 cm³/mol. The van der Waals surface area contributed by atoms with Crippen molar-refractivity contribution >= 4 is 17.4 Å². The van der Waals surface area contributed by atoms with Gasteiger partial charge in [0, 0.05) is 23.6 Å². The Labute approximate surface area is 127 Å². The first kappa shape index (κ1) is 16.2. The number of nitro benzene ring substituents is 1. The molecule has 2 aromatic rings. The van der Waals surface area contributed by atoms with E-state index in [2.05, 4.69) is 9.97 Å². The zero-order valence-corrected chi connectivity index (χ0v) is 12.1. The van der Waals surface area contributed by atoms with Crippen molar-refractivity contribution in [3.63, 3.8) is 0 Å². The number of hydrogen-bond donors (Lipinski definition) is 0. The summed E-state index contributed by atoms with van der Waals surface area (Å²) in [4.78, 5) is 17.5. The second-order valence-electron chi connectivity index (χ2n) is 4.33. The topological polar surface area (TPSA) is 68.9 Å². The average Bonchev–Trinajstić information content (AvgIpc) is 2.46. The third-order valence-electron chi connectivity index (χ3n) is 2.76. The van der Waals surface area contributed by atoms with Gasteiger partial charge in [-0.25, -0.2) is 9.97 Å². The third kappa shape index (κ3) is 3.94. The lowest BCUT2D eigenvalue weighted by atomic mass is 10.1. The lowest BCUT2D eigenvalue weighted by Crippen LogP contribution is -2.09. The van der Waals surface area contributed by atoms with E-state index in [0.29, 0.717) is 5.56 Å². The molecule has 1 aromatic heterocycles. The lowest BCUT2D eigenvalue weighted by molar-refractivity contribution is -0.384. The maximum Gasteiger partial charge on any atom is 0.433 e. The van der Waals surface area contributed by atoms with Crippen molar-refractivity contribution in [2.24, 2.45) is 0 Å². The lowest BCUT2D eigenvalue weighted by Gasteiger charge is -2.11. The van der Waals surface area contributed by atoms with Crippen LogP contribution in [0.1, 0.15) is 23.4 Å². The summed E-state index contributed by atoms with van der Waals surface area (Å²) in [5, 5.41) is 10.4. The van der Waals surface area contributed by atoms with E-state index in [4.69, 9.17) is 0 Å². The summed E-state index contributed by atoms with van der Waals surface area (Å²) in [7, 11) is 0. The monoisotopic (exact) mass is 329 g/mol. The quantitative estimate of drug-likeness (QED) is 0.363. The first-order chi connectivity index (χ1) is 10.3. The zero-order chi connectivity index (χ0) is 16.3. The number of halogens is 3. The van der Waals surface area contributed by atoms with Crippen LogP contribution in [0.25, 0.3) is 0 Å². The fourth-order valence-electron chi connectivity index (χ4n) is 1.67. The maximum atomic E-state index is 12.6. The molecule has 0 amide bonds. The number of rotatable bonds is 4. The highest BCUT2D eigenvalue weighted by Gasteiger charge is 2.33. The Kier molecular flexibility index (Phi) is 4.65. The molecule has 116 valence electrons. The van der Waals surface area contributed by atoms with Crippen LogP contribution in [0.4, 0.5) is 18.9 Å². The van der Waals surface area contributed by atoms with Crippen LogP contribution < -0.4 is 0 Å². The summed E-state index contributed by atoms with van der Waals surface area (Å²) in [5.41, 5.74) is -0.480. The first-order valence-corrected chi connectivity index (χ1v) is 6.96. The molecule has 1 unspecified atom stereocenters. The molecule has 22 heavy (non-hydrogen) atoms. The molecule has 0 N–H and O–H groups in total. The highest BCUT2D eigenvalue weighted by Crippen LogP contribution is 2.35. The number of alkyl halides is 3. The second kappa shape index (κ2) is 6.30. The SMILES string of the molecule is CC(Sc1nccc(C(F)(F)F)n1)c1cccc([N+](=O)[O-])c1. The molecule has 1 aromatic carbocycles. The highest BCUT2D eigenvalue weighted by molar-refractivity contribution is 7.99. The van der Waals surface area contributed by atoms with Gasteiger partial charge in [-0.1, -0.05) is 23.9 Å². The van der Waals surface area contributed by atoms with E-state index in [9.17, 15) is 23.3 Å². The van der Waals surface area contributed by atoms with E-state index in [0.717, 1.165) is 24.0 Å². The largest absolute Gasteiger partial charge is 0.433 e. The molecule has 5 nitrogen and oxygen atoms in total. The van der Waals surface area contributed by atoms with Gasteiger partial charge in [0.1, 0.15) is 5.69 Å². The Morgan fingerprint density at radius 1 is 1.32 bits per heavy atom. The molecule has 0 saturated carbocycles. The second-order valence-corrected chi connectivity index (χ2v) is 5.64. The molecule has 1 atom stereocenters. The minimum Gasteiger partial charge on any atom is -0.258 e. The van der Waals surface area contributed by atoms with Crippen molar-refractivity contribution in [2.45, 2.75) is 23.5 Å². The van der Waals surface area contributed by atoms with Crippen molar-refractivity contribution < 1.29 is 18.1 Å². The van der Waals surface area contributed by atoms with Crippen LogP contribution in [-0.2, 0) is 6.18 Å². The van der Waals surface area contributed by atoms with Gasteiger partial charge in [0.15, 0.2) is 5.16 Å². The summed E-state index contributed by atoms with van der Waals surface area (Å²) in [6.45, 7) is 1.72. The van der Waals surface area contributed by atoms with Crippen molar-refractivity contribution in [3.05, 3.63) is 57.9 Å². The number of hydrogen-bond acceptors (Lipinski definition) is 5. The number of aromatic nitrogens is 2. The van der Waals surface area contributed by atoms with E-state index < -0.39 is 16.8 Å². The van der Waals surface area contributed by atoms with Gasteiger partial charge in [-0.3, -0.25) is 10.1 Å². The minimum atomic E-state index is -4.53. The van der Waals surface area contributed by atoms with Gasteiger partial charge >= 0.3 is 6.18 Å². The number of thioether (sulfide) groups is 1. The molecule has 0 spiro atoms. The Morgan fingerprint density at radius 3 is 2.68 bits per heavy atom. The first-order valence-electron chi connectivity index (χ1n) is 6.08. The molecule has 0 aliphatic carbocycles. The van der Waals surface area contributed by atoms with Crippen LogP contribution in [-0.4, -0.2) is 14.9 Å². The van der Waals surface area contributed by atoms with E-state index in [1.54, 1.807) is 13.0 Å². The van der Waals surface area contributed by atoms with Crippen LogP contribution >= 0.6 is 11.8 Å². The minimum absolute atomic E-state index is 0.0335. The molecule has 0 aliphatic heterocycles. The molecule has 0 saturated heterocycles. The summed E-state index contributed by atoms with van der Waals surface area (Å²) in [6.07, 6.45) is -3.49. The van der Waals surface area contributed by atoms with E-state index in [-0.39, 0.29) is 16.1 Å². The summed E-state index contributed by atoms with van der Waals surface area (Å²) in [5.74, 6) is 0. The zero-order valence-electron chi connectivity index (χ0n) is 11.2. The van der Waals surface area contributed by atoms with Crippen LogP contribution in [0.2, 0.25) is 0 Å². The van der Waals surface area contributed by atoms with Crippen LogP contribution in [0.15, 0.2) is 41.7 Å². The van der Waals surface area contributed by atoms with Crippen LogP contribution in [0, 0.1) is 10.1 Å². The Hall–Kier alpha value is -2.16. The van der Waals surface area contributed by atoms with Gasteiger partial charge in [-0.05, 0) is 18.6 Å². The van der Waals surface area contributed by atoms with Crippen LogP contribution in [0.5, 0.6) is 0 Å². The normalized spacial score (nSPS) is 12.9. The summed E-state index contributed by atoms with van der Waals surface area (Å²) < 4.78 is 37.8. The van der Waals surface area contributed by atoms with Gasteiger partial charge < -0.3 is 0 Å². The van der Waals surface area contributed by atoms with Crippen molar-refractivity contribution in [1.82, 2.24) is 9.97 Å². The fraction of sp³-hybridized carbons (Fsp3) is 0.231. The van der Waals surface area contributed by atoms with Crippen LogP contribution in [0.3, 0.4) is 0 Å². The Bertz CT molecular complexity index is 694. The molecule has 9 heteroatoms. The summed E-state index contributed by atoms with van der Waals surface area (Å²) >= 11 is 1.00. The van der Waals surface area contributed by atoms with Gasteiger partial charge in [-0.2, -0.15) is 13.2 Å². The maximum absolute atomic E-state index is 12.6.